The van der Waals surface area contributed by atoms with Crippen molar-refractivity contribution in [3.63, 3.8) is 0 Å². The fourth-order valence-electron chi connectivity index (χ4n) is 0.509. The minimum absolute atomic E-state index is 0.319. The number of rotatable bonds is 1. The van der Waals surface area contributed by atoms with Gasteiger partial charge in [0.25, 0.3) is 0 Å². The Balaban J connectivity index is 3.07. The second kappa shape index (κ2) is 3.27. The number of halogens is 2. The van der Waals surface area contributed by atoms with Gasteiger partial charge in [0.1, 0.15) is 4.60 Å². The van der Waals surface area contributed by atoms with Gasteiger partial charge in [-0.3, -0.25) is 4.98 Å². The topological polar surface area (TPSA) is 51.8 Å². The number of nitrogens with zero attached hydrogens (tertiary/aromatic N) is 2. The van der Waals surface area contributed by atoms with Crippen molar-refractivity contribution in [2.45, 2.75) is 6.54 Å². The van der Waals surface area contributed by atoms with Crippen molar-refractivity contribution in [2.75, 3.05) is 0 Å². The van der Waals surface area contributed by atoms with Crippen LogP contribution in [0, 0.1) is 0 Å². The Bertz CT molecular complexity index is 240. The Kier molecular flexibility index (Phi) is 2.59. The van der Waals surface area contributed by atoms with Crippen LogP contribution in [-0.2, 0) is 6.54 Å². The lowest BCUT2D eigenvalue weighted by Gasteiger charge is -1.96. The van der Waals surface area contributed by atoms with E-state index in [1.165, 1.54) is 0 Å². The molecule has 0 spiro atoms. The molecule has 0 fully saturated rings. The summed E-state index contributed by atoms with van der Waals surface area (Å²) in [6, 6.07) is 0. The van der Waals surface area contributed by atoms with E-state index in [4.69, 9.17) is 17.3 Å². The first-order valence-corrected chi connectivity index (χ1v) is 3.78. The summed E-state index contributed by atoms with van der Waals surface area (Å²) >= 11 is 8.77. The standard InChI is InChI=1S/C5H5BrClN3/c6-4-2-9-3(1-8)5(7)10-4/h2H,1,8H2. The highest BCUT2D eigenvalue weighted by molar-refractivity contribution is 9.10. The lowest BCUT2D eigenvalue weighted by molar-refractivity contribution is 0.956. The largest absolute Gasteiger partial charge is 0.325 e. The van der Waals surface area contributed by atoms with Gasteiger partial charge in [0.05, 0.1) is 11.9 Å². The van der Waals surface area contributed by atoms with Gasteiger partial charge in [-0.25, -0.2) is 4.98 Å². The average molecular weight is 222 g/mol. The van der Waals surface area contributed by atoms with Crippen molar-refractivity contribution < 1.29 is 0 Å². The molecule has 54 valence electrons. The Hall–Kier alpha value is -0.190. The Morgan fingerprint density at radius 1 is 1.70 bits per heavy atom. The zero-order valence-electron chi connectivity index (χ0n) is 5.01. The molecule has 1 heterocycles. The van der Waals surface area contributed by atoms with Crippen LogP contribution in [0.5, 0.6) is 0 Å². The van der Waals surface area contributed by atoms with Crippen LogP contribution >= 0.6 is 27.5 Å². The van der Waals surface area contributed by atoms with E-state index in [1.807, 2.05) is 0 Å². The zero-order chi connectivity index (χ0) is 7.56. The Morgan fingerprint density at radius 3 is 2.90 bits per heavy atom. The van der Waals surface area contributed by atoms with Crippen LogP contribution in [0.4, 0.5) is 0 Å². The molecule has 0 saturated carbocycles. The van der Waals surface area contributed by atoms with Crippen LogP contribution in [0.3, 0.4) is 0 Å². The first-order chi connectivity index (χ1) is 4.74. The lowest BCUT2D eigenvalue weighted by atomic mass is 10.5. The molecule has 1 aromatic rings. The van der Waals surface area contributed by atoms with Gasteiger partial charge in [0.2, 0.25) is 0 Å². The van der Waals surface area contributed by atoms with Crippen molar-refractivity contribution >= 4 is 27.5 Å². The molecule has 5 heteroatoms. The minimum atomic E-state index is 0.319. The Labute approximate surface area is 71.7 Å². The molecular formula is C5H5BrClN3. The number of aromatic nitrogens is 2. The second-order valence-electron chi connectivity index (χ2n) is 1.63. The molecule has 2 N–H and O–H groups in total. The van der Waals surface area contributed by atoms with Gasteiger partial charge in [-0.15, -0.1) is 0 Å². The second-order valence-corrected chi connectivity index (χ2v) is 2.80. The van der Waals surface area contributed by atoms with Gasteiger partial charge in [0, 0.05) is 6.54 Å². The third-order valence-corrected chi connectivity index (χ3v) is 1.65. The number of hydrogen-bond acceptors (Lipinski definition) is 3. The van der Waals surface area contributed by atoms with E-state index in [2.05, 4.69) is 25.9 Å². The summed E-state index contributed by atoms with van der Waals surface area (Å²) in [5.41, 5.74) is 5.91. The highest BCUT2D eigenvalue weighted by Crippen LogP contribution is 2.12. The van der Waals surface area contributed by atoms with Crippen molar-refractivity contribution in [3.05, 3.63) is 21.6 Å². The number of hydrogen-bond donors (Lipinski definition) is 1. The minimum Gasteiger partial charge on any atom is -0.325 e. The number of nitrogens with two attached hydrogens (primary N) is 1. The fourth-order valence-corrected chi connectivity index (χ4v) is 1.11. The third kappa shape index (κ3) is 1.65. The normalized spacial score (nSPS) is 9.90. The molecule has 0 aromatic carbocycles. The molecular weight excluding hydrogens is 217 g/mol. The highest BCUT2D eigenvalue weighted by atomic mass is 79.9. The summed E-state index contributed by atoms with van der Waals surface area (Å²) in [6.07, 6.45) is 1.56. The lowest BCUT2D eigenvalue weighted by Crippen LogP contribution is -2.01. The molecule has 0 radical (unpaired) electrons. The van der Waals surface area contributed by atoms with Gasteiger partial charge in [0.15, 0.2) is 5.15 Å². The molecule has 10 heavy (non-hydrogen) atoms. The first-order valence-electron chi connectivity index (χ1n) is 2.61. The summed E-state index contributed by atoms with van der Waals surface area (Å²) in [5.74, 6) is 0. The van der Waals surface area contributed by atoms with Crippen molar-refractivity contribution in [3.8, 4) is 0 Å². The molecule has 0 bridgehead atoms. The molecule has 0 atom stereocenters. The summed E-state index contributed by atoms with van der Waals surface area (Å²) in [7, 11) is 0. The predicted molar refractivity (Wildman–Crippen MR) is 42.6 cm³/mol. The van der Waals surface area contributed by atoms with E-state index in [0.29, 0.717) is 22.0 Å². The monoisotopic (exact) mass is 221 g/mol. The maximum Gasteiger partial charge on any atom is 0.153 e. The molecule has 0 saturated heterocycles. The van der Waals surface area contributed by atoms with Crippen molar-refractivity contribution in [1.82, 2.24) is 9.97 Å². The van der Waals surface area contributed by atoms with Crippen molar-refractivity contribution in [2.24, 2.45) is 5.73 Å². The molecule has 1 aromatic heterocycles. The molecule has 0 aliphatic heterocycles. The van der Waals surface area contributed by atoms with Gasteiger partial charge in [-0.2, -0.15) is 0 Å². The van der Waals surface area contributed by atoms with Crippen LogP contribution in [0.1, 0.15) is 5.69 Å². The first kappa shape index (κ1) is 7.91. The fraction of sp³-hybridized carbons (Fsp3) is 0.200. The summed E-state index contributed by atoms with van der Waals surface area (Å²) in [5, 5.41) is 0.358. The molecule has 3 nitrogen and oxygen atoms in total. The molecule has 0 unspecified atom stereocenters. The van der Waals surface area contributed by atoms with E-state index in [9.17, 15) is 0 Å². The van der Waals surface area contributed by atoms with Gasteiger partial charge < -0.3 is 5.73 Å². The predicted octanol–water partition coefficient (Wildman–Crippen LogP) is 1.35. The maximum atomic E-state index is 5.65. The van der Waals surface area contributed by atoms with Crippen molar-refractivity contribution in [1.29, 1.82) is 0 Å². The summed E-state index contributed by atoms with van der Waals surface area (Å²) in [6.45, 7) is 0.319. The molecule has 0 aliphatic carbocycles. The van der Waals surface area contributed by atoms with E-state index >= 15 is 0 Å². The van der Waals surface area contributed by atoms with Gasteiger partial charge >= 0.3 is 0 Å². The quantitative estimate of drug-likeness (QED) is 0.780. The zero-order valence-corrected chi connectivity index (χ0v) is 7.35. The maximum absolute atomic E-state index is 5.65. The van der Waals surface area contributed by atoms with Crippen LogP contribution in [0.25, 0.3) is 0 Å². The molecule has 0 aliphatic rings. The summed E-state index contributed by atoms with van der Waals surface area (Å²) in [4.78, 5) is 7.81. The smallest absolute Gasteiger partial charge is 0.153 e. The van der Waals surface area contributed by atoms with E-state index < -0.39 is 0 Å². The summed E-state index contributed by atoms with van der Waals surface area (Å²) < 4.78 is 0.620. The van der Waals surface area contributed by atoms with Gasteiger partial charge in [-0.1, -0.05) is 11.6 Å². The molecule has 1 rings (SSSR count). The van der Waals surface area contributed by atoms with E-state index in [-0.39, 0.29) is 0 Å². The van der Waals surface area contributed by atoms with E-state index in [1.54, 1.807) is 6.20 Å². The SMILES string of the molecule is NCc1ncc(Br)nc1Cl. The Morgan fingerprint density at radius 2 is 2.40 bits per heavy atom. The van der Waals surface area contributed by atoms with Crippen LogP contribution < -0.4 is 5.73 Å². The highest BCUT2D eigenvalue weighted by Gasteiger charge is 2.00. The van der Waals surface area contributed by atoms with Crippen LogP contribution in [0.15, 0.2) is 10.8 Å². The van der Waals surface area contributed by atoms with Crippen LogP contribution in [0.2, 0.25) is 5.15 Å². The molecule has 0 amide bonds. The van der Waals surface area contributed by atoms with Gasteiger partial charge in [-0.05, 0) is 15.9 Å². The third-order valence-electron chi connectivity index (χ3n) is 0.963. The average Bonchev–Trinajstić information content (AvgIpc) is 1.88. The van der Waals surface area contributed by atoms with E-state index in [0.717, 1.165) is 0 Å². The van der Waals surface area contributed by atoms with Crippen LogP contribution in [-0.4, -0.2) is 9.97 Å².